The van der Waals surface area contributed by atoms with E-state index < -0.39 is 0 Å². The van der Waals surface area contributed by atoms with E-state index in [1.54, 1.807) is 13.1 Å². The van der Waals surface area contributed by atoms with Gasteiger partial charge >= 0.3 is 0 Å². The number of fused-ring (bicyclic) bond motifs is 1. The smallest absolute Gasteiger partial charge is 0.170 e. The Balaban J connectivity index is 2.89. The van der Waals surface area contributed by atoms with Gasteiger partial charge in [0.15, 0.2) is 5.82 Å². The Kier molecular flexibility index (Phi) is 1.72. The van der Waals surface area contributed by atoms with Crippen LogP contribution >= 0.6 is 0 Å². The Labute approximate surface area is 75.4 Å². The van der Waals surface area contributed by atoms with Gasteiger partial charge in [-0.15, -0.1) is 0 Å². The van der Waals surface area contributed by atoms with Crippen LogP contribution in [0.3, 0.4) is 0 Å². The number of nitrogens with zero attached hydrogens (tertiary/aromatic N) is 2. The molecule has 0 atom stereocenters. The zero-order chi connectivity index (χ0) is 9.42. The molecule has 3 heteroatoms. The summed E-state index contributed by atoms with van der Waals surface area (Å²) in [6, 6.07) is 3.67. The lowest BCUT2D eigenvalue weighted by atomic mass is 10.2. The highest BCUT2D eigenvalue weighted by molar-refractivity contribution is 5.78. The average molecular weight is 176 g/mol. The van der Waals surface area contributed by atoms with Gasteiger partial charge in [0.1, 0.15) is 5.52 Å². The summed E-state index contributed by atoms with van der Waals surface area (Å²) in [6.07, 6.45) is 1.64. The molecule has 2 rings (SSSR count). The quantitative estimate of drug-likeness (QED) is 0.616. The van der Waals surface area contributed by atoms with Crippen molar-refractivity contribution in [2.75, 3.05) is 0 Å². The van der Waals surface area contributed by atoms with Crippen LogP contribution in [-0.4, -0.2) is 9.97 Å². The summed E-state index contributed by atoms with van der Waals surface area (Å²) >= 11 is 0. The van der Waals surface area contributed by atoms with E-state index in [-0.39, 0.29) is 5.82 Å². The monoisotopic (exact) mass is 176 g/mol. The fraction of sp³-hybridized carbons (Fsp3) is 0.200. The zero-order valence-corrected chi connectivity index (χ0v) is 7.50. The van der Waals surface area contributed by atoms with Crippen molar-refractivity contribution < 1.29 is 4.39 Å². The molecule has 0 aliphatic carbocycles. The minimum absolute atomic E-state index is 0.318. The summed E-state index contributed by atoms with van der Waals surface area (Å²) < 4.78 is 13.5. The predicted octanol–water partition coefficient (Wildman–Crippen LogP) is 2.39. The van der Waals surface area contributed by atoms with E-state index in [4.69, 9.17) is 0 Å². The van der Waals surface area contributed by atoms with E-state index in [0.29, 0.717) is 11.2 Å². The van der Waals surface area contributed by atoms with Crippen LogP contribution < -0.4 is 0 Å². The fourth-order valence-corrected chi connectivity index (χ4v) is 1.24. The Morgan fingerprint density at radius 2 is 2.00 bits per heavy atom. The number of rotatable bonds is 0. The van der Waals surface area contributed by atoms with E-state index in [9.17, 15) is 4.39 Å². The van der Waals surface area contributed by atoms with Gasteiger partial charge in [0, 0.05) is 17.3 Å². The third kappa shape index (κ3) is 1.26. The van der Waals surface area contributed by atoms with Crippen LogP contribution in [0.5, 0.6) is 0 Å². The van der Waals surface area contributed by atoms with Gasteiger partial charge in [-0.25, -0.2) is 9.37 Å². The van der Waals surface area contributed by atoms with Crippen LogP contribution in [0, 0.1) is 19.7 Å². The maximum atomic E-state index is 13.5. The Morgan fingerprint density at radius 3 is 2.77 bits per heavy atom. The summed E-state index contributed by atoms with van der Waals surface area (Å²) in [5.41, 5.74) is 1.62. The number of hydrogen-bond donors (Lipinski definition) is 0. The summed E-state index contributed by atoms with van der Waals surface area (Å²) in [6.45, 7) is 3.48. The highest BCUT2D eigenvalue weighted by Gasteiger charge is 2.05. The first kappa shape index (κ1) is 8.10. The van der Waals surface area contributed by atoms with Crippen LogP contribution in [0.4, 0.5) is 4.39 Å². The third-order valence-corrected chi connectivity index (χ3v) is 1.99. The van der Waals surface area contributed by atoms with Gasteiger partial charge in [-0.3, -0.25) is 4.98 Å². The normalized spacial score (nSPS) is 10.7. The molecular formula is C10H9FN2. The van der Waals surface area contributed by atoms with E-state index in [1.165, 1.54) is 0 Å². The molecule has 13 heavy (non-hydrogen) atoms. The number of halogens is 1. The molecule has 66 valence electrons. The Morgan fingerprint density at radius 1 is 1.23 bits per heavy atom. The minimum Gasteiger partial charge on any atom is -0.258 e. The molecule has 0 radical (unpaired) electrons. The maximum Gasteiger partial charge on any atom is 0.170 e. The first-order chi connectivity index (χ1) is 6.18. The molecule has 2 nitrogen and oxygen atoms in total. The van der Waals surface area contributed by atoms with Crippen molar-refractivity contribution in [2.24, 2.45) is 0 Å². The summed E-state index contributed by atoms with van der Waals surface area (Å²) in [5.74, 6) is -0.318. The summed E-state index contributed by atoms with van der Waals surface area (Å²) in [4.78, 5) is 8.04. The SMILES string of the molecule is Cc1ccc2cnc(C)c(F)c2n1. The van der Waals surface area contributed by atoms with Crippen molar-refractivity contribution in [1.82, 2.24) is 9.97 Å². The second kappa shape index (κ2) is 2.76. The lowest BCUT2D eigenvalue weighted by Crippen LogP contribution is -1.93. The van der Waals surface area contributed by atoms with Crippen molar-refractivity contribution in [3.63, 3.8) is 0 Å². The lowest BCUT2D eigenvalue weighted by Gasteiger charge is -2.01. The molecule has 0 N–H and O–H groups in total. The van der Waals surface area contributed by atoms with Gasteiger partial charge in [-0.1, -0.05) is 0 Å². The van der Waals surface area contributed by atoms with Crippen molar-refractivity contribution in [2.45, 2.75) is 13.8 Å². The molecule has 2 aromatic heterocycles. The average Bonchev–Trinajstić information content (AvgIpc) is 2.12. The highest BCUT2D eigenvalue weighted by Crippen LogP contribution is 2.16. The van der Waals surface area contributed by atoms with Gasteiger partial charge in [0.25, 0.3) is 0 Å². The molecular weight excluding hydrogens is 167 g/mol. The molecule has 0 saturated carbocycles. The second-order valence-corrected chi connectivity index (χ2v) is 3.05. The van der Waals surface area contributed by atoms with Crippen LogP contribution in [0.25, 0.3) is 10.9 Å². The standard InChI is InChI=1S/C10H9FN2/c1-6-3-4-8-5-12-7(2)9(11)10(8)13-6/h3-5H,1-2H3. The van der Waals surface area contributed by atoms with E-state index in [0.717, 1.165) is 11.1 Å². The van der Waals surface area contributed by atoms with Gasteiger partial charge in [-0.05, 0) is 26.0 Å². The maximum absolute atomic E-state index is 13.5. The topological polar surface area (TPSA) is 25.8 Å². The van der Waals surface area contributed by atoms with E-state index in [2.05, 4.69) is 9.97 Å². The molecule has 0 aliphatic rings. The molecule has 0 spiro atoms. The van der Waals surface area contributed by atoms with E-state index >= 15 is 0 Å². The summed E-state index contributed by atoms with van der Waals surface area (Å²) in [5, 5.41) is 0.744. The number of aromatic nitrogens is 2. The fourth-order valence-electron chi connectivity index (χ4n) is 1.24. The van der Waals surface area contributed by atoms with Gasteiger partial charge in [-0.2, -0.15) is 0 Å². The van der Waals surface area contributed by atoms with Crippen molar-refractivity contribution in [3.8, 4) is 0 Å². The van der Waals surface area contributed by atoms with Gasteiger partial charge < -0.3 is 0 Å². The first-order valence-electron chi connectivity index (χ1n) is 4.07. The van der Waals surface area contributed by atoms with Crippen molar-refractivity contribution >= 4 is 10.9 Å². The number of pyridine rings is 2. The lowest BCUT2D eigenvalue weighted by molar-refractivity contribution is 0.619. The predicted molar refractivity (Wildman–Crippen MR) is 49.0 cm³/mol. The molecule has 0 unspecified atom stereocenters. The van der Waals surface area contributed by atoms with Gasteiger partial charge in [0.2, 0.25) is 0 Å². The molecule has 0 fully saturated rings. The number of hydrogen-bond acceptors (Lipinski definition) is 2. The third-order valence-electron chi connectivity index (χ3n) is 1.99. The zero-order valence-electron chi connectivity index (χ0n) is 7.50. The largest absolute Gasteiger partial charge is 0.258 e. The molecule has 0 aliphatic heterocycles. The number of aryl methyl sites for hydroxylation is 2. The highest BCUT2D eigenvalue weighted by atomic mass is 19.1. The van der Waals surface area contributed by atoms with Crippen LogP contribution in [0.2, 0.25) is 0 Å². The molecule has 0 aromatic carbocycles. The Hall–Kier alpha value is -1.51. The van der Waals surface area contributed by atoms with Crippen LogP contribution in [0.1, 0.15) is 11.4 Å². The van der Waals surface area contributed by atoms with Crippen molar-refractivity contribution in [1.29, 1.82) is 0 Å². The Bertz CT molecular complexity index is 460. The molecule has 0 saturated heterocycles. The molecule has 0 bridgehead atoms. The van der Waals surface area contributed by atoms with E-state index in [1.807, 2.05) is 19.1 Å². The second-order valence-electron chi connectivity index (χ2n) is 3.05. The van der Waals surface area contributed by atoms with Crippen LogP contribution in [-0.2, 0) is 0 Å². The van der Waals surface area contributed by atoms with Gasteiger partial charge in [0.05, 0.1) is 5.69 Å². The van der Waals surface area contributed by atoms with Crippen LogP contribution in [0.15, 0.2) is 18.3 Å². The first-order valence-corrected chi connectivity index (χ1v) is 4.07. The molecule has 0 amide bonds. The molecule has 2 heterocycles. The van der Waals surface area contributed by atoms with Crippen molar-refractivity contribution in [3.05, 3.63) is 35.5 Å². The summed E-state index contributed by atoms with van der Waals surface area (Å²) in [7, 11) is 0. The minimum atomic E-state index is -0.318. The molecule has 2 aromatic rings.